The number of pyridine rings is 1. The Balaban J connectivity index is 2.28. The molecule has 0 radical (unpaired) electrons. The van der Waals surface area contributed by atoms with Crippen LogP contribution in [0.4, 0.5) is 0 Å². The lowest BCUT2D eigenvalue weighted by Crippen LogP contribution is -1.99. The summed E-state index contributed by atoms with van der Waals surface area (Å²) in [5, 5.41) is 10.1. The van der Waals surface area contributed by atoms with E-state index in [4.69, 9.17) is 16.7 Å². The predicted molar refractivity (Wildman–Crippen MR) is 66.8 cm³/mol. The normalized spacial score (nSPS) is 10.2. The van der Waals surface area contributed by atoms with Gasteiger partial charge in [0, 0.05) is 4.90 Å². The molecule has 1 N–H and O–H groups in total. The molecule has 2 aromatic rings. The summed E-state index contributed by atoms with van der Waals surface area (Å²) in [6.45, 7) is 0. The standard InChI is InChI=1S/C12H8ClNO2S/c13-8-4-1-2-6-10(8)17-11-7-3-5-9(14-11)12(15)16/h1-7H,(H,15,16). The Labute approximate surface area is 107 Å². The second-order valence-corrected chi connectivity index (χ2v) is 4.67. The van der Waals surface area contributed by atoms with Crippen molar-refractivity contribution in [1.29, 1.82) is 0 Å². The lowest BCUT2D eigenvalue weighted by molar-refractivity contribution is 0.0689. The van der Waals surface area contributed by atoms with E-state index in [1.807, 2.05) is 18.2 Å². The number of carboxylic acids is 1. The van der Waals surface area contributed by atoms with Gasteiger partial charge in [0.1, 0.15) is 10.7 Å². The highest BCUT2D eigenvalue weighted by Crippen LogP contribution is 2.31. The highest BCUT2D eigenvalue weighted by molar-refractivity contribution is 7.99. The quantitative estimate of drug-likeness (QED) is 0.921. The molecule has 0 aliphatic rings. The van der Waals surface area contributed by atoms with Crippen LogP contribution in [0.2, 0.25) is 5.02 Å². The van der Waals surface area contributed by atoms with Crippen LogP contribution in [0.25, 0.3) is 0 Å². The van der Waals surface area contributed by atoms with Crippen molar-refractivity contribution in [3.05, 3.63) is 53.2 Å². The Morgan fingerprint density at radius 3 is 2.65 bits per heavy atom. The topological polar surface area (TPSA) is 50.2 Å². The molecule has 0 bridgehead atoms. The first-order valence-corrected chi connectivity index (χ1v) is 5.99. The molecular formula is C12H8ClNO2S. The Hall–Kier alpha value is -1.52. The van der Waals surface area contributed by atoms with Crippen molar-refractivity contribution in [1.82, 2.24) is 4.98 Å². The van der Waals surface area contributed by atoms with Gasteiger partial charge in [-0.2, -0.15) is 0 Å². The van der Waals surface area contributed by atoms with Crippen LogP contribution in [0.15, 0.2) is 52.4 Å². The Morgan fingerprint density at radius 2 is 1.94 bits per heavy atom. The molecule has 0 saturated carbocycles. The third-order valence-corrected chi connectivity index (χ3v) is 3.45. The number of rotatable bonds is 3. The van der Waals surface area contributed by atoms with E-state index in [0.717, 1.165) is 4.90 Å². The fourth-order valence-corrected chi connectivity index (χ4v) is 2.31. The van der Waals surface area contributed by atoms with Crippen LogP contribution < -0.4 is 0 Å². The number of halogens is 1. The summed E-state index contributed by atoms with van der Waals surface area (Å²) in [6, 6.07) is 12.2. The lowest BCUT2D eigenvalue weighted by atomic mass is 10.4. The predicted octanol–water partition coefficient (Wildman–Crippen LogP) is 3.58. The van der Waals surface area contributed by atoms with Crippen LogP contribution in [0.3, 0.4) is 0 Å². The minimum atomic E-state index is -1.04. The van der Waals surface area contributed by atoms with Gasteiger partial charge in [-0.25, -0.2) is 9.78 Å². The van der Waals surface area contributed by atoms with Gasteiger partial charge in [-0.15, -0.1) is 0 Å². The van der Waals surface area contributed by atoms with E-state index in [1.165, 1.54) is 17.8 Å². The van der Waals surface area contributed by atoms with Gasteiger partial charge in [-0.1, -0.05) is 41.6 Å². The molecule has 1 heterocycles. The number of hydrogen-bond acceptors (Lipinski definition) is 3. The number of aromatic carboxylic acids is 1. The summed E-state index contributed by atoms with van der Waals surface area (Å²) in [6.07, 6.45) is 0. The van der Waals surface area contributed by atoms with Gasteiger partial charge in [0.2, 0.25) is 0 Å². The Kier molecular flexibility index (Phi) is 3.66. The molecule has 3 nitrogen and oxygen atoms in total. The molecule has 0 spiro atoms. The van der Waals surface area contributed by atoms with Crippen LogP contribution in [-0.2, 0) is 0 Å². The highest BCUT2D eigenvalue weighted by atomic mass is 35.5. The van der Waals surface area contributed by atoms with Crippen LogP contribution in [0.5, 0.6) is 0 Å². The number of hydrogen-bond donors (Lipinski definition) is 1. The molecule has 0 aliphatic heterocycles. The van der Waals surface area contributed by atoms with E-state index >= 15 is 0 Å². The fraction of sp³-hybridized carbons (Fsp3) is 0. The first-order valence-electron chi connectivity index (χ1n) is 4.79. The summed E-state index contributed by atoms with van der Waals surface area (Å²) in [5.74, 6) is -1.04. The maximum atomic E-state index is 10.8. The second-order valence-electron chi connectivity index (χ2n) is 3.20. The Morgan fingerprint density at radius 1 is 1.18 bits per heavy atom. The fourth-order valence-electron chi connectivity index (χ4n) is 1.23. The smallest absolute Gasteiger partial charge is 0.354 e. The van der Waals surface area contributed by atoms with E-state index in [-0.39, 0.29) is 5.69 Å². The van der Waals surface area contributed by atoms with Crippen molar-refractivity contribution in [2.45, 2.75) is 9.92 Å². The summed E-state index contributed by atoms with van der Waals surface area (Å²) >= 11 is 7.35. The van der Waals surface area contributed by atoms with Crippen molar-refractivity contribution in [3.63, 3.8) is 0 Å². The second kappa shape index (κ2) is 5.21. The summed E-state index contributed by atoms with van der Waals surface area (Å²) in [4.78, 5) is 15.6. The molecule has 0 atom stereocenters. The van der Waals surface area contributed by atoms with Gasteiger partial charge < -0.3 is 5.11 Å². The van der Waals surface area contributed by atoms with Gasteiger partial charge in [0.15, 0.2) is 0 Å². The van der Waals surface area contributed by atoms with Crippen molar-refractivity contribution >= 4 is 29.3 Å². The SMILES string of the molecule is O=C(O)c1cccc(Sc2ccccc2Cl)n1. The van der Waals surface area contributed by atoms with Crippen LogP contribution in [0, 0.1) is 0 Å². The van der Waals surface area contributed by atoms with Gasteiger partial charge in [-0.05, 0) is 24.3 Å². The summed E-state index contributed by atoms with van der Waals surface area (Å²) < 4.78 is 0. The minimum Gasteiger partial charge on any atom is -0.477 e. The van der Waals surface area contributed by atoms with Gasteiger partial charge >= 0.3 is 5.97 Å². The average molecular weight is 266 g/mol. The molecule has 0 saturated heterocycles. The highest BCUT2D eigenvalue weighted by Gasteiger charge is 2.07. The Bertz CT molecular complexity index is 560. The summed E-state index contributed by atoms with van der Waals surface area (Å²) in [7, 11) is 0. The van der Waals surface area contributed by atoms with Crippen molar-refractivity contribution in [2.24, 2.45) is 0 Å². The molecule has 5 heteroatoms. The maximum Gasteiger partial charge on any atom is 0.354 e. The van der Waals surface area contributed by atoms with E-state index < -0.39 is 5.97 Å². The zero-order valence-electron chi connectivity index (χ0n) is 8.63. The molecule has 17 heavy (non-hydrogen) atoms. The van der Waals surface area contributed by atoms with E-state index in [9.17, 15) is 4.79 Å². The molecule has 2 rings (SSSR count). The number of aromatic nitrogens is 1. The van der Waals surface area contributed by atoms with E-state index in [0.29, 0.717) is 10.0 Å². The van der Waals surface area contributed by atoms with Gasteiger partial charge in [0.05, 0.1) is 5.02 Å². The number of benzene rings is 1. The molecule has 0 aliphatic carbocycles. The van der Waals surface area contributed by atoms with Crippen LogP contribution >= 0.6 is 23.4 Å². The molecular weight excluding hydrogens is 258 g/mol. The third kappa shape index (κ3) is 2.99. The van der Waals surface area contributed by atoms with Crippen molar-refractivity contribution in [3.8, 4) is 0 Å². The third-order valence-electron chi connectivity index (χ3n) is 1.99. The van der Waals surface area contributed by atoms with Gasteiger partial charge in [-0.3, -0.25) is 0 Å². The van der Waals surface area contributed by atoms with Gasteiger partial charge in [0.25, 0.3) is 0 Å². The van der Waals surface area contributed by atoms with Crippen LogP contribution in [0.1, 0.15) is 10.5 Å². The largest absolute Gasteiger partial charge is 0.477 e. The zero-order valence-corrected chi connectivity index (χ0v) is 10.2. The first-order chi connectivity index (χ1) is 8.16. The molecule has 1 aromatic carbocycles. The minimum absolute atomic E-state index is 0.0297. The lowest BCUT2D eigenvalue weighted by Gasteiger charge is -2.03. The van der Waals surface area contributed by atoms with E-state index in [1.54, 1.807) is 18.2 Å². The molecule has 1 aromatic heterocycles. The molecule has 86 valence electrons. The van der Waals surface area contributed by atoms with Crippen LogP contribution in [-0.4, -0.2) is 16.1 Å². The number of carbonyl (C=O) groups is 1. The average Bonchev–Trinajstić information content (AvgIpc) is 2.32. The maximum absolute atomic E-state index is 10.8. The van der Waals surface area contributed by atoms with Crippen molar-refractivity contribution < 1.29 is 9.90 Å². The zero-order chi connectivity index (χ0) is 12.3. The number of nitrogens with zero attached hydrogens (tertiary/aromatic N) is 1. The first kappa shape index (κ1) is 12.0. The van der Waals surface area contributed by atoms with E-state index in [2.05, 4.69) is 4.98 Å². The monoisotopic (exact) mass is 265 g/mol. The summed E-state index contributed by atoms with van der Waals surface area (Å²) in [5.41, 5.74) is 0.0297. The molecule has 0 amide bonds. The number of carboxylic acid groups (broad SMARTS) is 1. The van der Waals surface area contributed by atoms with Crippen molar-refractivity contribution in [2.75, 3.05) is 0 Å². The molecule has 0 fully saturated rings. The molecule has 0 unspecified atom stereocenters.